The Hall–Kier alpha value is -2.40. The van der Waals surface area contributed by atoms with Gasteiger partial charge in [-0.25, -0.2) is 0 Å². The van der Waals surface area contributed by atoms with Crippen molar-refractivity contribution in [2.75, 3.05) is 19.0 Å². The van der Waals surface area contributed by atoms with Crippen LogP contribution in [0.2, 0.25) is 5.02 Å². The second-order valence-corrected chi connectivity index (χ2v) is 6.00. The topological polar surface area (TPSA) is 56.8 Å². The molecular weight excluding hydrogens is 342 g/mol. The zero-order valence-corrected chi connectivity index (χ0v) is 15.5. The predicted molar refractivity (Wildman–Crippen MR) is 99.3 cm³/mol. The van der Waals surface area contributed by atoms with Gasteiger partial charge in [-0.15, -0.1) is 0 Å². The van der Waals surface area contributed by atoms with Crippen molar-refractivity contribution < 1.29 is 19.0 Å². The molecule has 0 fully saturated rings. The summed E-state index contributed by atoms with van der Waals surface area (Å²) in [6, 6.07) is 10.1. The third kappa shape index (κ3) is 5.03. The Kier molecular flexibility index (Phi) is 6.53. The molecule has 0 saturated heterocycles. The van der Waals surface area contributed by atoms with Gasteiger partial charge in [0.15, 0.2) is 11.5 Å². The minimum absolute atomic E-state index is 0.00814. The smallest absolute Gasteiger partial charge is 0.255 e. The fourth-order valence-electron chi connectivity index (χ4n) is 2.24. The molecule has 2 aromatic rings. The van der Waals surface area contributed by atoms with E-state index in [1.165, 1.54) is 7.11 Å². The van der Waals surface area contributed by atoms with Gasteiger partial charge in [0, 0.05) is 10.6 Å². The molecule has 0 aliphatic heterocycles. The SMILES string of the molecule is CCOc1ccc(Cl)cc1NC(=O)c1ccc(OC(C)C)c(OC)c1. The van der Waals surface area contributed by atoms with Crippen molar-refractivity contribution in [3.8, 4) is 17.2 Å². The van der Waals surface area contributed by atoms with Crippen LogP contribution in [0.25, 0.3) is 0 Å². The van der Waals surface area contributed by atoms with E-state index in [-0.39, 0.29) is 12.0 Å². The summed E-state index contributed by atoms with van der Waals surface area (Å²) in [6.07, 6.45) is 0.00814. The number of anilines is 1. The first-order valence-corrected chi connectivity index (χ1v) is 8.40. The van der Waals surface area contributed by atoms with Crippen LogP contribution in [0.3, 0.4) is 0 Å². The second kappa shape index (κ2) is 8.62. The largest absolute Gasteiger partial charge is 0.493 e. The highest BCUT2D eigenvalue weighted by Gasteiger charge is 2.14. The lowest BCUT2D eigenvalue weighted by atomic mass is 10.1. The molecule has 25 heavy (non-hydrogen) atoms. The van der Waals surface area contributed by atoms with Crippen molar-refractivity contribution in [1.82, 2.24) is 0 Å². The molecule has 0 aliphatic rings. The number of carbonyl (C=O) groups excluding carboxylic acids is 1. The van der Waals surface area contributed by atoms with E-state index >= 15 is 0 Å². The second-order valence-electron chi connectivity index (χ2n) is 5.56. The van der Waals surface area contributed by atoms with Gasteiger partial charge >= 0.3 is 0 Å². The average molecular weight is 364 g/mol. The van der Waals surface area contributed by atoms with Crippen LogP contribution in [0, 0.1) is 0 Å². The van der Waals surface area contributed by atoms with Crippen LogP contribution in [-0.4, -0.2) is 25.7 Å². The van der Waals surface area contributed by atoms with Crippen molar-refractivity contribution in [3.05, 3.63) is 47.0 Å². The van der Waals surface area contributed by atoms with E-state index in [1.54, 1.807) is 36.4 Å². The average Bonchev–Trinajstić information content (AvgIpc) is 2.57. The van der Waals surface area contributed by atoms with Crippen LogP contribution in [0.5, 0.6) is 17.2 Å². The van der Waals surface area contributed by atoms with Gasteiger partial charge in [0.1, 0.15) is 5.75 Å². The third-order valence-corrected chi connectivity index (χ3v) is 3.51. The number of methoxy groups -OCH3 is 1. The Bertz CT molecular complexity index is 746. The fourth-order valence-corrected chi connectivity index (χ4v) is 2.41. The molecule has 0 atom stereocenters. The van der Waals surface area contributed by atoms with Crippen LogP contribution in [0.15, 0.2) is 36.4 Å². The van der Waals surface area contributed by atoms with Gasteiger partial charge in [0.05, 0.1) is 25.5 Å². The molecule has 0 spiro atoms. The fraction of sp³-hybridized carbons (Fsp3) is 0.316. The molecule has 0 aliphatic carbocycles. The highest BCUT2D eigenvalue weighted by atomic mass is 35.5. The van der Waals surface area contributed by atoms with Gasteiger partial charge in [0.2, 0.25) is 0 Å². The van der Waals surface area contributed by atoms with Crippen LogP contribution >= 0.6 is 11.6 Å². The van der Waals surface area contributed by atoms with Gasteiger partial charge in [-0.05, 0) is 57.2 Å². The summed E-state index contributed by atoms with van der Waals surface area (Å²) >= 11 is 6.02. The minimum Gasteiger partial charge on any atom is -0.493 e. The van der Waals surface area contributed by atoms with E-state index in [2.05, 4.69) is 5.32 Å². The maximum absolute atomic E-state index is 12.6. The summed E-state index contributed by atoms with van der Waals surface area (Å²) in [7, 11) is 1.54. The summed E-state index contributed by atoms with van der Waals surface area (Å²) in [6.45, 7) is 6.21. The van der Waals surface area contributed by atoms with Crippen LogP contribution < -0.4 is 19.5 Å². The number of amides is 1. The molecule has 6 heteroatoms. The molecule has 5 nitrogen and oxygen atoms in total. The van der Waals surface area contributed by atoms with Crippen LogP contribution in [-0.2, 0) is 0 Å². The van der Waals surface area contributed by atoms with Crippen molar-refractivity contribution >= 4 is 23.2 Å². The quantitative estimate of drug-likeness (QED) is 0.768. The summed E-state index contributed by atoms with van der Waals surface area (Å²) < 4.78 is 16.5. The zero-order valence-electron chi connectivity index (χ0n) is 14.8. The van der Waals surface area contributed by atoms with Gasteiger partial charge in [-0.1, -0.05) is 11.6 Å². The molecular formula is C19H22ClNO4. The first kappa shape index (κ1) is 18.9. The number of benzene rings is 2. The van der Waals surface area contributed by atoms with Gasteiger partial charge < -0.3 is 19.5 Å². The van der Waals surface area contributed by atoms with E-state index in [0.717, 1.165) is 0 Å². The molecule has 134 valence electrons. The van der Waals surface area contributed by atoms with Crippen LogP contribution in [0.1, 0.15) is 31.1 Å². The van der Waals surface area contributed by atoms with Crippen molar-refractivity contribution in [2.24, 2.45) is 0 Å². The maximum Gasteiger partial charge on any atom is 0.255 e. The molecule has 0 heterocycles. The molecule has 0 saturated carbocycles. The first-order chi connectivity index (χ1) is 11.9. The molecule has 0 bridgehead atoms. The number of hydrogen-bond acceptors (Lipinski definition) is 4. The van der Waals surface area contributed by atoms with Crippen molar-refractivity contribution in [1.29, 1.82) is 0 Å². The summed E-state index contributed by atoms with van der Waals surface area (Å²) in [5.74, 6) is 1.36. The lowest BCUT2D eigenvalue weighted by Gasteiger charge is -2.15. The maximum atomic E-state index is 12.6. The Morgan fingerprint density at radius 3 is 2.48 bits per heavy atom. The predicted octanol–water partition coefficient (Wildman–Crippen LogP) is 4.79. The molecule has 1 N–H and O–H groups in total. The van der Waals surface area contributed by atoms with E-state index in [9.17, 15) is 4.79 Å². The summed E-state index contributed by atoms with van der Waals surface area (Å²) in [4.78, 5) is 12.6. The molecule has 1 amide bonds. The minimum atomic E-state index is -0.294. The third-order valence-electron chi connectivity index (χ3n) is 3.28. The van der Waals surface area contributed by atoms with Crippen LogP contribution in [0.4, 0.5) is 5.69 Å². The monoisotopic (exact) mass is 363 g/mol. The number of rotatable bonds is 7. The van der Waals surface area contributed by atoms with Gasteiger partial charge in [0.25, 0.3) is 5.91 Å². The number of halogens is 1. The Morgan fingerprint density at radius 2 is 1.84 bits per heavy atom. The Morgan fingerprint density at radius 1 is 1.12 bits per heavy atom. The van der Waals surface area contributed by atoms with Gasteiger partial charge in [-0.3, -0.25) is 4.79 Å². The molecule has 0 aromatic heterocycles. The Balaban J connectivity index is 2.25. The molecule has 2 rings (SSSR count). The van der Waals surface area contributed by atoms with E-state index in [0.29, 0.717) is 40.1 Å². The lowest BCUT2D eigenvalue weighted by Crippen LogP contribution is -2.14. The van der Waals surface area contributed by atoms with E-state index < -0.39 is 0 Å². The molecule has 2 aromatic carbocycles. The Labute approximate surface area is 152 Å². The van der Waals surface area contributed by atoms with E-state index in [4.69, 9.17) is 25.8 Å². The standard InChI is InChI=1S/C19H22ClNO4/c1-5-24-16-9-7-14(20)11-15(16)21-19(22)13-6-8-17(25-12(2)3)18(10-13)23-4/h6-12H,5H2,1-4H3,(H,21,22). The molecule has 0 radical (unpaired) electrons. The number of hydrogen-bond donors (Lipinski definition) is 1. The first-order valence-electron chi connectivity index (χ1n) is 8.03. The van der Waals surface area contributed by atoms with Crippen molar-refractivity contribution in [3.63, 3.8) is 0 Å². The molecule has 0 unspecified atom stereocenters. The summed E-state index contributed by atoms with van der Waals surface area (Å²) in [5.41, 5.74) is 0.955. The lowest BCUT2D eigenvalue weighted by molar-refractivity contribution is 0.102. The number of ether oxygens (including phenoxy) is 3. The number of nitrogens with one attached hydrogen (secondary N) is 1. The summed E-state index contributed by atoms with van der Waals surface area (Å²) in [5, 5.41) is 3.33. The van der Waals surface area contributed by atoms with Gasteiger partial charge in [-0.2, -0.15) is 0 Å². The highest BCUT2D eigenvalue weighted by molar-refractivity contribution is 6.31. The van der Waals surface area contributed by atoms with E-state index in [1.807, 2.05) is 20.8 Å². The highest BCUT2D eigenvalue weighted by Crippen LogP contribution is 2.31. The number of carbonyl (C=O) groups is 1. The normalized spacial score (nSPS) is 10.5. The zero-order chi connectivity index (χ0) is 18.4. The van der Waals surface area contributed by atoms with Crippen molar-refractivity contribution in [2.45, 2.75) is 26.9 Å².